The van der Waals surface area contributed by atoms with Crippen LogP contribution in [0.5, 0.6) is 0 Å². The maximum absolute atomic E-state index is 12.9. The Morgan fingerprint density at radius 2 is 1.74 bits per heavy atom. The minimum absolute atomic E-state index is 0.119. The second-order valence-electron chi connectivity index (χ2n) is 6.07. The van der Waals surface area contributed by atoms with Crippen molar-refractivity contribution in [3.63, 3.8) is 0 Å². The van der Waals surface area contributed by atoms with E-state index in [1.165, 1.54) is 4.31 Å². The first kappa shape index (κ1) is 16.2. The van der Waals surface area contributed by atoms with Crippen LogP contribution in [0.4, 0.5) is 0 Å². The summed E-state index contributed by atoms with van der Waals surface area (Å²) in [5.41, 5.74) is 2.14. The molecule has 1 aliphatic rings. The first-order valence-corrected chi connectivity index (χ1v) is 9.20. The molecule has 0 aliphatic carbocycles. The predicted octanol–water partition coefficient (Wildman–Crippen LogP) is 2.53. The van der Waals surface area contributed by atoms with Crippen molar-refractivity contribution in [1.29, 1.82) is 0 Å². The molecular weight excluding hydrogens is 310 g/mol. The molecule has 2 aromatic carbocycles. The van der Waals surface area contributed by atoms with Gasteiger partial charge in [-0.15, -0.1) is 0 Å². The summed E-state index contributed by atoms with van der Waals surface area (Å²) < 4.78 is 27.3. The van der Waals surface area contributed by atoms with Gasteiger partial charge in [-0.05, 0) is 37.0 Å². The number of hydrogen-bond acceptors (Lipinski definition) is 3. The van der Waals surface area contributed by atoms with E-state index in [9.17, 15) is 13.5 Å². The van der Waals surface area contributed by atoms with Gasteiger partial charge < -0.3 is 5.11 Å². The lowest BCUT2D eigenvalue weighted by atomic mass is 9.97. The van der Waals surface area contributed by atoms with Crippen molar-refractivity contribution >= 4 is 10.0 Å². The second kappa shape index (κ2) is 6.43. The van der Waals surface area contributed by atoms with Crippen LogP contribution in [0.3, 0.4) is 0 Å². The van der Waals surface area contributed by atoms with Gasteiger partial charge in [-0.3, -0.25) is 0 Å². The summed E-state index contributed by atoms with van der Waals surface area (Å²) in [5, 5.41) is 9.65. The third-order valence-electron chi connectivity index (χ3n) is 4.47. The Bertz CT molecular complexity index is 757. The molecule has 1 heterocycles. The Kier molecular flexibility index (Phi) is 4.53. The molecule has 4 nitrogen and oxygen atoms in total. The monoisotopic (exact) mass is 331 g/mol. The first-order valence-electron chi connectivity index (χ1n) is 7.76. The normalized spacial score (nSPS) is 22.3. The number of sulfonamides is 1. The van der Waals surface area contributed by atoms with Crippen LogP contribution in [0, 0.1) is 6.92 Å². The summed E-state index contributed by atoms with van der Waals surface area (Å²) in [7, 11) is -3.58. The average Bonchev–Trinajstić information content (AvgIpc) is 3.01. The van der Waals surface area contributed by atoms with Gasteiger partial charge in [0.15, 0.2) is 0 Å². The maximum Gasteiger partial charge on any atom is 0.243 e. The molecular formula is C18H21NO3S. The zero-order valence-electron chi connectivity index (χ0n) is 13.1. The van der Waals surface area contributed by atoms with Gasteiger partial charge in [0, 0.05) is 12.6 Å². The largest absolute Gasteiger partial charge is 0.395 e. The Morgan fingerprint density at radius 1 is 1.09 bits per heavy atom. The standard InChI is InChI=1S/C18H21NO3S/c1-14-7-9-18(10-8-14)23(21,22)19-12-16(11-17(19)13-20)15-5-3-2-4-6-15/h2-10,16-17,20H,11-13H2,1H3/t16-,17-/m0/s1. The van der Waals surface area contributed by atoms with Crippen LogP contribution in [-0.2, 0) is 10.0 Å². The van der Waals surface area contributed by atoms with Crippen molar-refractivity contribution in [1.82, 2.24) is 4.31 Å². The van der Waals surface area contributed by atoms with E-state index in [0.29, 0.717) is 13.0 Å². The van der Waals surface area contributed by atoms with Gasteiger partial charge in [-0.1, -0.05) is 48.0 Å². The minimum atomic E-state index is -3.58. The van der Waals surface area contributed by atoms with Crippen LogP contribution in [0.2, 0.25) is 0 Å². The van der Waals surface area contributed by atoms with Crippen molar-refractivity contribution < 1.29 is 13.5 Å². The molecule has 23 heavy (non-hydrogen) atoms. The lowest BCUT2D eigenvalue weighted by Gasteiger charge is -2.22. The van der Waals surface area contributed by atoms with Crippen molar-refractivity contribution in [3.8, 4) is 0 Å². The van der Waals surface area contributed by atoms with Gasteiger partial charge in [0.1, 0.15) is 0 Å². The zero-order chi connectivity index (χ0) is 16.4. The number of rotatable bonds is 4. The summed E-state index contributed by atoms with van der Waals surface area (Å²) in [6.07, 6.45) is 0.644. The molecule has 2 aromatic rings. The number of benzene rings is 2. The van der Waals surface area contributed by atoms with Crippen LogP contribution < -0.4 is 0 Å². The molecule has 0 saturated carbocycles. The fourth-order valence-electron chi connectivity index (χ4n) is 3.16. The number of nitrogens with zero attached hydrogens (tertiary/aromatic N) is 1. The summed E-state index contributed by atoms with van der Waals surface area (Å²) in [5.74, 6) is 0.119. The van der Waals surface area contributed by atoms with E-state index in [1.54, 1.807) is 24.3 Å². The summed E-state index contributed by atoms with van der Waals surface area (Å²) >= 11 is 0. The van der Waals surface area contributed by atoms with Crippen LogP contribution >= 0.6 is 0 Å². The number of hydrogen-bond donors (Lipinski definition) is 1. The summed E-state index contributed by atoms with van der Waals surface area (Å²) in [6, 6.07) is 16.4. The van der Waals surface area contributed by atoms with Gasteiger partial charge in [-0.2, -0.15) is 4.31 Å². The first-order chi connectivity index (χ1) is 11.0. The van der Waals surface area contributed by atoms with Crippen LogP contribution in [0.1, 0.15) is 23.5 Å². The van der Waals surface area contributed by atoms with Crippen LogP contribution in [0.15, 0.2) is 59.5 Å². The quantitative estimate of drug-likeness (QED) is 0.937. The molecule has 0 amide bonds. The maximum atomic E-state index is 12.9. The molecule has 0 bridgehead atoms. The topological polar surface area (TPSA) is 57.6 Å². The number of aryl methyl sites for hydroxylation is 1. The van der Waals surface area contributed by atoms with E-state index in [0.717, 1.165) is 11.1 Å². The molecule has 0 unspecified atom stereocenters. The van der Waals surface area contributed by atoms with Gasteiger partial charge in [-0.25, -0.2) is 8.42 Å². The predicted molar refractivity (Wildman–Crippen MR) is 89.7 cm³/mol. The van der Waals surface area contributed by atoms with Crippen molar-refractivity contribution in [2.24, 2.45) is 0 Å². The van der Waals surface area contributed by atoms with E-state index in [2.05, 4.69) is 0 Å². The molecule has 5 heteroatoms. The lowest BCUT2D eigenvalue weighted by molar-refractivity contribution is 0.213. The fraction of sp³-hybridized carbons (Fsp3) is 0.333. The number of aliphatic hydroxyl groups excluding tert-OH is 1. The van der Waals surface area contributed by atoms with E-state index in [1.807, 2.05) is 37.3 Å². The second-order valence-corrected chi connectivity index (χ2v) is 7.96. The fourth-order valence-corrected chi connectivity index (χ4v) is 4.83. The zero-order valence-corrected chi connectivity index (χ0v) is 13.9. The molecule has 1 N–H and O–H groups in total. The highest BCUT2D eigenvalue weighted by molar-refractivity contribution is 7.89. The van der Waals surface area contributed by atoms with Crippen molar-refractivity contribution in [2.75, 3.05) is 13.2 Å². The number of aliphatic hydroxyl groups is 1. The third kappa shape index (κ3) is 3.17. The summed E-state index contributed by atoms with van der Waals surface area (Å²) in [4.78, 5) is 0.287. The molecule has 0 spiro atoms. The summed E-state index contributed by atoms with van der Waals surface area (Å²) in [6.45, 7) is 2.17. The Morgan fingerprint density at radius 3 is 2.35 bits per heavy atom. The van der Waals surface area contributed by atoms with E-state index in [-0.39, 0.29) is 23.5 Å². The average molecular weight is 331 g/mol. The van der Waals surface area contributed by atoms with E-state index in [4.69, 9.17) is 0 Å². The molecule has 122 valence electrons. The Hall–Kier alpha value is -1.69. The Balaban J connectivity index is 1.90. The minimum Gasteiger partial charge on any atom is -0.395 e. The van der Waals surface area contributed by atoms with E-state index < -0.39 is 10.0 Å². The molecule has 1 aliphatic heterocycles. The van der Waals surface area contributed by atoms with Gasteiger partial charge >= 0.3 is 0 Å². The molecule has 3 rings (SSSR count). The lowest BCUT2D eigenvalue weighted by Crippen LogP contribution is -2.37. The van der Waals surface area contributed by atoms with Gasteiger partial charge in [0.05, 0.1) is 11.5 Å². The SMILES string of the molecule is Cc1ccc(S(=O)(=O)N2C[C@@H](c3ccccc3)C[C@H]2CO)cc1. The molecule has 2 atom stereocenters. The highest BCUT2D eigenvalue weighted by Crippen LogP contribution is 2.35. The molecule has 0 aromatic heterocycles. The van der Waals surface area contributed by atoms with Crippen molar-refractivity contribution in [2.45, 2.75) is 30.2 Å². The highest BCUT2D eigenvalue weighted by Gasteiger charge is 2.40. The van der Waals surface area contributed by atoms with E-state index >= 15 is 0 Å². The van der Waals surface area contributed by atoms with Crippen molar-refractivity contribution in [3.05, 3.63) is 65.7 Å². The molecule has 1 fully saturated rings. The highest BCUT2D eigenvalue weighted by atomic mass is 32.2. The van der Waals surface area contributed by atoms with Crippen LogP contribution in [0.25, 0.3) is 0 Å². The molecule has 1 saturated heterocycles. The third-order valence-corrected chi connectivity index (χ3v) is 6.41. The van der Waals surface area contributed by atoms with Gasteiger partial charge in [0.2, 0.25) is 10.0 Å². The molecule has 0 radical (unpaired) electrons. The Labute approximate surface area is 137 Å². The van der Waals surface area contributed by atoms with Gasteiger partial charge in [0.25, 0.3) is 0 Å². The smallest absolute Gasteiger partial charge is 0.243 e. The van der Waals surface area contributed by atoms with Crippen LogP contribution in [-0.4, -0.2) is 37.0 Å².